The van der Waals surface area contributed by atoms with Crippen molar-refractivity contribution in [3.05, 3.63) is 98.1 Å². The van der Waals surface area contributed by atoms with Crippen LogP contribution in [0.2, 0.25) is 0 Å². The van der Waals surface area contributed by atoms with Gasteiger partial charge in [0.15, 0.2) is 0 Å². The standard InChI is InChI=1S/C30H21N5O5/c1-16(20-13-21-19-7-5-4-6-17(19)8-10-26(21)40-30(20)37)34-35-28(33)23(14-31)27(24(15-32)29(35)36)22-12-18(38-2)9-11-25(22)39-3/h4-13H,33H2,1-3H3/b34-16+. The average Bonchev–Trinajstić information content (AvgIpc) is 2.98. The summed E-state index contributed by atoms with van der Waals surface area (Å²) in [4.78, 5) is 26.4. The summed E-state index contributed by atoms with van der Waals surface area (Å²) in [6.07, 6.45) is 0. The van der Waals surface area contributed by atoms with Crippen molar-refractivity contribution in [2.75, 3.05) is 20.0 Å². The molecule has 2 N–H and O–H groups in total. The molecule has 5 aromatic rings. The summed E-state index contributed by atoms with van der Waals surface area (Å²) in [5, 5.41) is 26.8. The van der Waals surface area contributed by atoms with E-state index < -0.39 is 11.2 Å². The summed E-state index contributed by atoms with van der Waals surface area (Å²) in [5.74, 6) is 0.392. The zero-order chi connectivity index (χ0) is 28.6. The molecular weight excluding hydrogens is 510 g/mol. The second kappa shape index (κ2) is 10.1. The Labute approximate surface area is 227 Å². The van der Waals surface area contributed by atoms with Gasteiger partial charge in [0.1, 0.15) is 46.2 Å². The van der Waals surface area contributed by atoms with E-state index in [1.807, 2.05) is 42.5 Å². The molecule has 0 saturated heterocycles. The number of nitrogens with two attached hydrogens (primary N) is 1. The Bertz CT molecular complexity index is 2080. The highest BCUT2D eigenvalue weighted by Gasteiger charge is 2.25. The number of nitriles is 2. The fraction of sp³-hybridized carbons (Fsp3) is 0.100. The molecule has 0 amide bonds. The van der Waals surface area contributed by atoms with Crippen LogP contribution < -0.4 is 26.4 Å². The maximum absolute atomic E-state index is 13.5. The zero-order valence-electron chi connectivity index (χ0n) is 21.7. The summed E-state index contributed by atoms with van der Waals surface area (Å²) in [6.45, 7) is 1.51. The minimum atomic E-state index is -0.881. The van der Waals surface area contributed by atoms with Crippen LogP contribution in [0.15, 0.2) is 79.8 Å². The highest BCUT2D eigenvalue weighted by Crippen LogP contribution is 2.38. The van der Waals surface area contributed by atoms with Crippen molar-refractivity contribution in [1.82, 2.24) is 4.68 Å². The van der Waals surface area contributed by atoms with E-state index >= 15 is 0 Å². The number of rotatable bonds is 5. The van der Waals surface area contributed by atoms with Gasteiger partial charge in [-0.25, -0.2) is 4.79 Å². The Morgan fingerprint density at radius 2 is 1.70 bits per heavy atom. The summed E-state index contributed by atoms with van der Waals surface area (Å²) in [7, 11) is 2.87. The van der Waals surface area contributed by atoms with E-state index in [0.29, 0.717) is 22.5 Å². The molecule has 10 nitrogen and oxygen atoms in total. The van der Waals surface area contributed by atoms with Crippen LogP contribution >= 0.6 is 0 Å². The summed E-state index contributed by atoms with van der Waals surface area (Å²) in [6, 6.07) is 21.4. The van der Waals surface area contributed by atoms with Gasteiger partial charge in [0.2, 0.25) is 0 Å². The number of hydrogen-bond donors (Lipinski definition) is 1. The first-order valence-electron chi connectivity index (χ1n) is 12.0. The van der Waals surface area contributed by atoms with Gasteiger partial charge >= 0.3 is 5.63 Å². The number of benzene rings is 3. The Hall–Kier alpha value is -5.87. The molecule has 196 valence electrons. The minimum absolute atomic E-state index is 0.0101. The maximum atomic E-state index is 13.5. The van der Waals surface area contributed by atoms with E-state index in [1.165, 1.54) is 27.2 Å². The van der Waals surface area contributed by atoms with E-state index in [9.17, 15) is 20.1 Å². The fourth-order valence-electron chi connectivity index (χ4n) is 4.60. The lowest BCUT2D eigenvalue weighted by atomic mass is 9.95. The molecule has 0 saturated carbocycles. The van der Waals surface area contributed by atoms with Crippen molar-refractivity contribution in [2.24, 2.45) is 5.10 Å². The van der Waals surface area contributed by atoms with Crippen LogP contribution in [0.25, 0.3) is 32.9 Å². The van der Waals surface area contributed by atoms with E-state index in [2.05, 4.69) is 5.10 Å². The van der Waals surface area contributed by atoms with Crippen molar-refractivity contribution in [3.63, 3.8) is 0 Å². The second-order valence-electron chi connectivity index (χ2n) is 8.75. The smallest absolute Gasteiger partial charge is 0.345 e. The normalized spacial score (nSPS) is 11.3. The van der Waals surface area contributed by atoms with Crippen LogP contribution in [-0.2, 0) is 0 Å². The van der Waals surface area contributed by atoms with Crippen LogP contribution in [0, 0.1) is 22.7 Å². The number of pyridine rings is 1. The van der Waals surface area contributed by atoms with Crippen LogP contribution in [0.1, 0.15) is 23.6 Å². The van der Waals surface area contributed by atoms with E-state index in [0.717, 1.165) is 15.4 Å². The van der Waals surface area contributed by atoms with Crippen molar-refractivity contribution >= 4 is 33.3 Å². The number of nitrogen functional groups attached to an aromatic ring is 1. The summed E-state index contributed by atoms with van der Waals surface area (Å²) < 4.78 is 17.0. The van der Waals surface area contributed by atoms with E-state index in [4.69, 9.17) is 19.6 Å². The van der Waals surface area contributed by atoms with Gasteiger partial charge in [0.05, 0.1) is 25.5 Å². The molecular formula is C30H21N5O5. The Morgan fingerprint density at radius 1 is 0.950 bits per heavy atom. The lowest BCUT2D eigenvalue weighted by Crippen LogP contribution is -2.26. The van der Waals surface area contributed by atoms with Gasteiger partial charge in [-0.1, -0.05) is 30.3 Å². The topological polar surface area (TPSA) is 157 Å². The largest absolute Gasteiger partial charge is 0.497 e. The molecule has 3 aromatic carbocycles. The Kier molecular flexibility index (Phi) is 6.52. The van der Waals surface area contributed by atoms with Gasteiger partial charge in [-0.3, -0.25) is 4.79 Å². The van der Waals surface area contributed by atoms with Crippen LogP contribution in [0.4, 0.5) is 5.82 Å². The number of nitrogens with zero attached hydrogens (tertiary/aromatic N) is 4. The van der Waals surface area contributed by atoms with Crippen LogP contribution in [0.5, 0.6) is 11.5 Å². The third-order valence-corrected chi connectivity index (χ3v) is 6.57. The molecule has 2 heterocycles. The predicted octanol–water partition coefficient (Wildman–Crippen LogP) is 4.39. The summed E-state index contributed by atoms with van der Waals surface area (Å²) >= 11 is 0. The van der Waals surface area contributed by atoms with Gasteiger partial charge in [-0.05, 0) is 48.0 Å². The zero-order valence-corrected chi connectivity index (χ0v) is 21.7. The third-order valence-electron chi connectivity index (χ3n) is 6.57. The predicted molar refractivity (Wildman–Crippen MR) is 151 cm³/mol. The number of methoxy groups -OCH3 is 2. The molecule has 0 radical (unpaired) electrons. The molecule has 0 unspecified atom stereocenters. The van der Waals surface area contributed by atoms with E-state index in [-0.39, 0.29) is 39.3 Å². The van der Waals surface area contributed by atoms with Crippen molar-refractivity contribution < 1.29 is 13.9 Å². The third kappa shape index (κ3) is 4.10. The monoisotopic (exact) mass is 531 g/mol. The van der Waals surface area contributed by atoms with Crippen molar-refractivity contribution in [2.45, 2.75) is 6.92 Å². The molecule has 0 bridgehead atoms. The molecule has 0 aliphatic carbocycles. The number of fused-ring (bicyclic) bond motifs is 3. The van der Waals surface area contributed by atoms with Gasteiger partial charge in [0.25, 0.3) is 5.56 Å². The van der Waals surface area contributed by atoms with Gasteiger partial charge in [-0.15, -0.1) is 0 Å². The maximum Gasteiger partial charge on any atom is 0.345 e. The summed E-state index contributed by atoms with van der Waals surface area (Å²) in [5.41, 5.74) is 5.03. The first-order valence-corrected chi connectivity index (χ1v) is 12.0. The number of ether oxygens (including phenoxy) is 2. The lowest BCUT2D eigenvalue weighted by molar-refractivity contribution is 0.404. The molecule has 0 fully saturated rings. The lowest BCUT2D eigenvalue weighted by Gasteiger charge is -2.16. The first kappa shape index (κ1) is 25.8. The Balaban J connectivity index is 1.77. The number of anilines is 1. The van der Waals surface area contributed by atoms with Gasteiger partial charge in [0, 0.05) is 16.5 Å². The number of aromatic nitrogens is 1. The quantitative estimate of drug-likeness (QED) is 0.199. The van der Waals surface area contributed by atoms with Crippen molar-refractivity contribution in [3.8, 4) is 34.8 Å². The molecule has 5 rings (SSSR count). The minimum Gasteiger partial charge on any atom is -0.497 e. The van der Waals surface area contributed by atoms with E-state index in [1.54, 1.807) is 24.3 Å². The SMILES string of the molecule is COc1ccc(OC)c(-c2c(C#N)c(N)n(/N=C(\C)c3cc4c(ccc5ccccc54)oc3=O)c(=O)c2C#N)c1. The first-order chi connectivity index (χ1) is 19.3. The average molecular weight is 532 g/mol. The second-order valence-corrected chi connectivity index (χ2v) is 8.75. The highest BCUT2D eigenvalue weighted by molar-refractivity contribution is 6.08. The number of hydrogen-bond acceptors (Lipinski definition) is 9. The van der Waals surface area contributed by atoms with Crippen LogP contribution in [-0.4, -0.2) is 24.6 Å². The molecule has 40 heavy (non-hydrogen) atoms. The van der Waals surface area contributed by atoms with Crippen LogP contribution in [0.3, 0.4) is 0 Å². The highest BCUT2D eigenvalue weighted by atomic mass is 16.5. The molecule has 10 heteroatoms. The van der Waals surface area contributed by atoms with Crippen molar-refractivity contribution in [1.29, 1.82) is 10.5 Å². The molecule has 2 aromatic heterocycles. The van der Waals surface area contributed by atoms with Gasteiger partial charge < -0.3 is 19.6 Å². The molecule has 0 aliphatic rings. The molecule has 0 spiro atoms. The Morgan fingerprint density at radius 3 is 2.40 bits per heavy atom. The fourth-order valence-corrected chi connectivity index (χ4v) is 4.60. The molecule has 0 atom stereocenters. The molecule has 0 aliphatic heterocycles. The van der Waals surface area contributed by atoms with Gasteiger partial charge in [-0.2, -0.15) is 20.3 Å².